The number of aromatic nitrogens is 1. The first-order valence-corrected chi connectivity index (χ1v) is 5.22. The highest BCUT2D eigenvalue weighted by Crippen LogP contribution is 2.31. The number of rotatable bonds is 4. The predicted octanol–water partition coefficient (Wildman–Crippen LogP) is 1.03. The second-order valence-electron chi connectivity index (χ2n) is 4.26. The molecule has 1 aliphatic carbocycles. The van der Waals surface area contributed by atoms with Crippen molar-refractivity contribution in [3.8, 4) is 0 Å². The van der Waals surface area contributed by atoms with E-state index in [-0.39, 0.29) is 12.1 Å². The normalized spacial score (nSPS) is 19.3. The van der Waals surface area contributed by atoms with Gasteiger partial charge in [-0.1, -0.05) is 0 Å². The Labute approximate surface area is 84.7 Å². The van der Waals surface area contributed by atoms with E-state index < -0.39 is 0 Å². The Balaban J connectivity index is 1.90. The van der Waals surface area contributed by atoms with Gasteiger partial charge in [-0.3, -0.25) is 0 Å². The molecule has 0 spiro atoms. The molecule has 14 heavy (non-hydrogen) atoms. The second kappa shape index (κ2) is 3.75. The van der Waals surface area contributed by atoms with Gasteiger partial charge >= 0.3 is 0 Å². The minimum Gasteiger partial charge on any atom is -0.394 e. The van der Waals surface area contributed by atoms with Crippen molar-refractivity contribution in [1.29, 1.82) is 0 Å². The monoisotopic (exact) mass is 194 g/mol. The van der Waals surface area contributed by atoms with E-state index in [4.69, 9.17) is 0 Å². The molecule has 1 saturated carbocycles. The van der Waals surface area contributed by atoms with Crippen LogP contribution in [0.3, 0.4) is 0 Å². The molecule has 0 amide bonds. The van der Waals surface area contributed by atoms with Crippen LogP contribution in [0.15, 0.2) is 18.3 Å². The molecule has 3 heteroatoms. The van der Waals surface area contributed by atoms with Gasteiger partial charge in [-0.2, -0.15) is 0 Å². The van der Waals surface area contributed by atoms with Crippen LogP contribution in [-0.2, 0) is 13.6 Å². The van der Waals surface area contributed by atoms with Crippen molar-refractivity contribution in [2.24, 2.45) is 7.05 Å². The predicted molar refractivity (Wildman–Crippen MR) is 55.9 cm³/mol. The molecule has 0 bridgehead atoms. The summed E-state index contributed by atoms with van der Waals surface area (Å²) in [4.78, 5) is 0. The summed E-state index contributed by atoms with van der Waals surface area (Å²) < 4.78 is 2.11. The number of aliphatic hydroxyl groups excluding tert-OH is 1. The maximum absolute atomic E-state index is 9.27. The van der Waals surface area contributed by atoms with E-state index in [1.807, 2.05) is 19.3 Å². The third kappa shape index (κ3) is 1.70. The van der Waals surface area contributed by atoms with Crippen LogP contribution in [-0.4, -0.2) is 21.8 Å². The molecule has 3 nitrogen and oxygen atoms in total. The summed E-state index contributed by atoms with van der Waals surface area (Å²) >= 11 is 0. The zero-order valence-electron chi connectivity index (χ0n) is 8.66. The molecule has 1 heterocycles. The van der Waals surface area contributed by atoms with Crippen LogP contribution in [0.4, 0.5) is 0 Å². The van der Waals surface area contributed by atoms with Crippen LogP contribution in [0.1, 0.15) is 25.0 Å². The van der Waals surface area contributed by atoms with Crippen molar-refractivity contribution in [3.05, 3.63) is 24.0 Å². The zero-order valence-corrected chi connectivity index (χ0v) is 8.66. The van der Waals surface area contributed by atoms with E-state index in [2.05, 4.69) is 16.0 Å². The largest absolute Gasteiger partial charge is 0.394 e. The molecule has 0 atom stereocenters. The van der Waals surface area contributed by atoms with E-state index >= 15 is 0 Å². The molecule has 0 radical (unpaired) electrons. The van der Waals surface area contributed by atoms with Gasteiger partial charge in [0, 0.05) is 31.0 Å². The molecular formula is C11H18N2O. The molecule has 1 aliphatic rings. The van der Waals surface area contributed by atoms with Gasteiger partial charge in [0.05, 0.1) is 6.61 Å². The fraction of sp³-hybridized carbons (Fsp3) is 0.636. The van der Waals surface area contributed by atoms with Crippen LogP contribution >= 0.6 is 0 Å². The highest BCUT2D eigenvalue weighted by atomic mass is 16.3. The third-order valence-corrected chi connectivity index (χ3v) is 3.31. The topological polar surface area (TPSA) is 37.2 Å². The number of hydrogen-bond donors (Lipinski definition) is 2. The average molecular weight is 194 g/mol. The lowest BCUT2D eigenvalue weighted by Crippen LogP contribution is -2.53. The summed E-state index contributed by atoms with van der Waals surface area (Å²) in [7, 11) is 2.05. The summed E-state index contributed by atoms with van der Waals surface area (Å²) in [6.07, 6.45) is 5.49. The van der Waals surface area contributed by atoms with Crippen LogP contribution in [0.2, 0.25) is 0 Å². The Morgan fingerprint density at radius 3 is 2.79 bits per heavy atom. The van der Waals surface area contributed by atoms with Gasteiger partial charge in [-0.25, -0.2) is 0 Å². The smallest absolute Gasteiger partial charge is 0.0613 e. The highest BCUT2D eigenvalue weighted by molar-refractivity contribution is 5.07. The molecule has 78 valence electrons. The Morgan fingerprint density at radius 1 is 1.57 bits per heavy atom. The first-order valence-electron chi connectivity index (χ1n) is 5.22. The lowest BCUT2D eigenvalue weighted by atomic mass is 9.77. The van der Waals surface area contributed by atoms with E-state index in [1.54, 1.807) is 0 Å². The molecular weight excluding hydrogens is 176 g/mol. The van der Waals surface area contributed by atoms with Gasteiger partial charge < -0.3 is 15.0 Å². The fourth-order valence-corrected chi connectivity index (χ4v) is 1.95. The summed E-state index contributed by atoms with van der Waals surface area (Å²) in [5, 5.41) is 12.7. The summed E-state index contributed by atoms with van der Waals surface area (Å²) in [5.41, 5.74) is 1.29. The molecule has 1 aromatic rings. The van der Waals surface area contributed by atoms with Gasteiger partial charge in [-0.15, -0.1) is 0 Å². The van der Waals surface area contributed by atoms with E-state index in [0.717, 1.165) is 19.4 Å². The van der Waals surface area contributed by atoms with E-state index in [1.165, 1.54) is 12.1 Å². The lowest BCUT2D eigenvalue weighted by molar-refractivity contribution is 0.0866. The molecule has 0 unspecified atom stereocenters. The minimum absolute atomic E-state index is 0.0181. The van der Waals surface area contributed by atoms with Crippen LogP contribution in [0.5, 0.6) is 0 Å². The quantitative estimate of drug-likeness (QED) is 0.751. The third-order valence-electron chi connectivity index (χ3n) is 3.31. The maximum Gasteiger partial charge on any atom is 0.0613 e. The lowest BCUT2D eigenvalue weighted by Gasteiger charge is -2.41. The summed E-state index contributed by atoms with van der Waals surface area (Å²) in [5.74, 6) is 0. The van der Waals surface area contributed by atoms with Gasteiger partial charge in [-0.05, 0) is 31.4 Å². The molecule has 1 fully saturated rings. The van der Waals surface area contributed by atoms with Crippen molar-refractivity contribution in [3.63, 3.8) is 0 Å². The Bertz CT molecular complexity index is 296. The van der Waals surface area contributed by atoms with Gasteiger partial charge in [0.1, 0.15) is 0 Å². The summed E-state index contributed by atoms with van der Waals surface area (Å²) in [6, 6.07) is 4.15. The molecule has 0 saturated heterocycles. The number of aliphatic hydroxyl groups is 1. The van der Waals surface area contributed by atoms with Crippen molar-refractivity contribution in [2.45, 2.75) is 31.3 Å². The molecule has 0 aromatic carbocycles. The standard InChI is InChI=1S/C11H18N2O/c1-13-7-2-4-10(13)8-12-11(9-14)5-3-6-11/h2,4,7,12,14H,3,5-6,8-9H2,1H3. The first-order chi connectivity index (χ1) is 6.76. The number of hydrogen-bond acceptors (Lipinski definition) is 2. The average Bonchev–Trinajstić information content (AvgIpc) is 2.51. The summed E-state index contributed by atoms with van der Waals surface area (Å²) in [6.45, 7) is 1.11. The van der Waals surface area contributed by atoms with Crippen LogP contribution < -0.4 is 5.32 Å². The van der Waals surface area contributed by atoms with Gasteiger partial charge in [0.25, 0.3) is 0 Å². The maximum atomic E-state index is 9.27. The molecule has 2 N–H and O–H groups in total. The Morgan fingerprint density at radius 2 is 2.36 bits per heavy atom. The van der Waals surface area contributed by atoms with Gasteiger partial charge in [0.15, 0.2) is 0 Å². The number of nitrogens with one attached hydrogen (secondary N) is 1. The van der Waals surface area contributed by atoms with Crippen molar-refractivity contribution >= 4 is 0 Å². The highest BCUT2D eigenvalue weighted by Gasteiger charge is 2.35. The van der Waals surface area contributed by atoms with Crippen molar-refractivity contribution in [1.82, 2.24) is 9.88 Å². The van der Waals surface area contributed by atoms with Gasteiger partial charge in [0.2, 0.25) is 0 Å². The first kappa shape index (κ1) is 9.74. The number of nitrogens with zero attached hydrogens (tertiary/aromatic N) is 1. The molecule has 0 aliphatic heterocycles. The fourth-order valence-electron chi connectivity index (χ4n) is 1.95. The number of aryl methyl sites for hydroxylation is 1. The molecule has 2 rings (SSSR count). The molecule has 1 aromatic heterocycles. The SMILES string of the molecule is Cn1cccc1CNC1(CO)CCC1. The van der Waals surface area contributed by atoms with Crippen LogP contribution in [0.25, 0.3) is 0 Å². The zero-order chi connectivity index (χ0) is 10.0. The van der Waals surface area contributed by atoms with Crippen LogP contribution in [0, 0.1) is 0 Å². The Kier molecular flexibility index (Phi) is 2.61. The van der Waals surface area contributed by atoms with E-state index in [0.29, 0.717) is 0 Å². The minimum atomic E-state index is 0.0181. The van der Waals surface area contributed by atoms with Crippen molar-refractivity contribution < 1.29 is 5.11 Å². The van der Waals surface area contributed by atoms with Crippen molar-refractivity contribution in [2.75, 3.05) is 6.61 Å². The van der Waals surface area contributed by atoms with E-state index in [9.17, 15) is 5.11 Å². The Hall–Kier alpha value is -0.800. The second-order valence-corrected chi connectivity index (χ2v) is 4.26.